The number of hydrogen-bond donors (Lipinski definition) is 2. The van der Waals surface area contributed by atoms with Crippen molar-refractivity contribution < 1.29 is 5.11 Å². The smallest absolute Gasteiger partial charge is 0.111 e. The van der Waals surface area contributed by atoms with E-state index in [0.29, 0.717) is 6.42 Å². The molecule has 0 aliphatic heterocycles. The lowest BCUT2D eigenvalue weighted by Crippen LogP contribution is -2.19. The van der Waals surface area contributed by atoms with Crippen molar-refractivity contribution in [2.24, 2.45) is 0 Å². The van der Waals surface area contributed by atoms with Crippen LogP contribution in [0.4, 0.5) is 0 Å². The van der Waals surface area contributed by atoms with Crippen LogP contribution >= 0.6 is 12.6 Å². The quantitative estimate of drug-likeness (QED) is 0.417. The molecule has 1 aliphatic carbocycles. The lowest BCUT2D eigenvalue weighted by molar-refractivity contribution is 0.131. The van der Waals surface area contributed by atoms with Crippen LogP contribution in [0.25, 0.3) is 0 Å². The van der Waals surface area contributed by atoms with Crippen LogP contribution in [-0.2, 0) is 0 Å². The lowest BCUT2D eigenvalue weighted by Gasteiger charge is -2.20. The molecule has 0 radical (unpaired) electrons. The van der Waals surface area contributed by atoms with E-state index in [-0.39, 0.29) is 0 Å². The van der Waals surface area contributed by atoms with Gasteiger partial charge in [-0.1, -0.05) is 80.7 Å². The van der Waals surface area contributed by atoms with Crippen molar-refractivity contribution in [1.29, 1.82) is 0 Å². The molecule has 1 nitrogen and oxygen atoms in total. The number of thiol groups is 1. The summed E-state index contributed by atoms with van der Waals surface area (Å²) in [5.74, 6) is 0. The van der Waals surface area contributed by atoms with Gasteiger partial charge in [0.15, 0.2) is 0 Å². The zero-order valence-electron chi connectivity index (χ0n) is 15.8. The molecule has 0 spiro atoms. The molecule has 1 unspecified atom stereocenters. The maximum absolute atomic E-state index is 9.82. The topological polar surface area (TPSA) is 20.2 Å². The van der Waals surface area contributed by atoms with Gasteiger partial charge in [-0.2, -0.15) is 0 Å². The Morgan fingerprint density at radius 1 is 0.905 bits per heavy atom. The van der Waals surface area contributed by atoms with E-state index < -0.39 is 4.93 Å². The molecule has 1 rings (SSSR count). The first-order valence-corrected chi connectivity index (χ1v) is 8.95. The van der Waals surface area contributed by atoms with Gasteiger partial charge in [-0.05, 0) is 30.4 Å². The number of aliphatic hydroxyl groups is 1. The van der Waals surface area contributed by atoms with Crippen LogP contribution in [-0.4, -0.2) is 10.0 Å². The molecule has 0 bridgehead atoms. The van der Waals surface area contributed by atoms with E-state index in [2.05, 4.69) is 25.8 Å². The Morgan fingerprint density at radius 3 is 1.62 bits per heavy atom. The summed E-state index contributed by atoms with van der Waals surface area (Å²) < 4.78 is 0. The summed E-state index contributed by atoms with van der Waals surface area (Å²) in [5.41, 5.74) is 2.27. The van der Waals surface area contributed by atoms with Crippen LogP contribution in [0.1, 0.15) is 81.1 Å². The maximum atomic E-state index is 9.82. The average Bonchev–Trinajstić information content (AvgIpc) is 2.72. The Kier molecular flexibility index (Phi) is 29.8. The second-order valence-corrected chi connectivity index (χ2v) is 4.30. The van der Waals surface area contributed by atoms with Gasteiger partial charge in [0, 0.05) is 6.42 Å². The zero-order valence-corrected chi connectivity index (χ0v) is 16.7. The van der Waals surface area contributed by atoms with Crippen molar-refractivity contribution >= 4 is 12.6 Å². The average molecular weight is 317 g/mol. The molecule has 0 aromatic carbocycles. The predicted octanol–water partition coefficient (Wildman–Crippen LogP) is 6.95. The third-order valence-corrected chi connectivity index (χ3v) is 2.78. The van der Waals surface area contributed by atoms with Crippen LogP contribution in [0, 0.1) is 0 Å². The van der Waals surface area contributed by atoms with Crippen molar-refractivity contribution in [3.63, 3.8) is 0 Å². The zero-order chi connectivity index (χ0) is 17.9. The van der Waals surface area contributed by atoms with Gasteiger partial charge in [0.2, 0.25) is 0 Å². The summed E-state index contributed by atoms with van der Waals surface area (Å²) >= 11 is 4.22. The van der Waals surface area contributed by atoms with Crippen molar-refractivity contribution in [2.45, 2.75) is 86.0 Å². The first kappa shape index (κ1) is 28.7. The van der Waals surface area contributed by atoms with E-state index in [1.54, 1.807) is 6.08 Å². The Morgan fingerprint density at radius 2 is 1.29 bits per heavy atom. The van der Waals surface area contributed by atoms with Crippen LogP contribution in [0.2, 0.25) is 0 Å². The molecule has 0 aromatic rings. The summed E-state index contributed by atoms with van der Waals surface area (Å²) in [4.78, 5) is -0.867. The minimum atomic E-state index is -0.867. The van der Waals surface area contributed by atoms with Crippen molar-refractivity contribution in [3.05, 3.63) is 36.5 Å². The highest BCUT2D eigenvalue weighted by atomic mass is 32.1. The van der Waals surface area contributed by atoms with Crippen LogP contribution < -0.4 is 0 Å². The monoisotopic (exact) mass is 316 g/mol. The molecule has 0 heterocycles. The molecule has 1 aliphatic rings. The number of hydrogen-bond acceptors (Lipinski definition) is 2. The summed E-state index contributed by atoms with van der Waals surface area (Å²) in [6.07, 6.45) is 6.87. The van der Waals surface area contributed by atoms with Crippen LogP contribution in [0.3, 0.4) is 0 Å². The minimum absolute atomic E-state index is 0.570. The fourth-order valence-electron chi connectivity index (χ4n) is 1.67. The minimum Gasteiger partial charge on any atom is -0.379 e. The van der Waals surface area contributed by atoms with Gasteiger partial charge in [0.1, 0.15) is 4.93 Å². The van der Waals surface area contributed by atoms with Gasteiger partial charge in [-0.3, -0.25) is 0 Å². The Bertz CT molecular complexity index is 252. The molecule has 0 saturated heterocycles. The fourth-order valence-corrected chi connectivity index (χ4v) is 1.99. The third-order valence-electron chi connectivity index (χ3n) is 2.40. The highest BCUT2D eigenvalue weighted by Gasteiger charge is 2.25. The van der Waals surface area contributed by atoms with Crippen molar-refractivity contribution in [1.82, 2.24) is 0 Å². The molecule has 1 atom stereocenters. The molecule has 1 N–H and O–H groups in total. The van der Waals surface area contributed by atoms with Gasteiger partial charge in [0.25, 0.3) is 0 Å². The Balaban J connectivity index is -0.000000156. The molecule has 0 amide bonds. The summed E-state index contributed by atoms with van der Waals surface area (Å²) in [7, 11) is 0. The van der Waals surface area contributed by atoms with Gasteiger partial charge in [-0.25, -0.2) is 0 Å². The van der Waals surface area contributed by atoms with E-state index in [4.69, 9.17) is 0 Å². The van der Waals surface area contributed by atoms with E-state index in [0.717, 1.165) is 24.8 Å². The van der Waals surface area contributed by atoms with Crippen molar-refractivity contribution in [3.8, 4) is 0 Å². The highest BCUT2D eigenvalue weighted by Crippen LogP contribution is 2.34. The summed E-state index contributed by atoms with van der Waals surface area (Å²) in [6, 6.07) is 0. The van der Waals surface area contributed by atoms with Gasteiger partial charge in [0.05, 0.1) is 0 Å². The fraction of sp³-hybridized carbons (Fsp3) is 0.684. The van der Waals surface area contributed by atoms with Crippen LogP contribution in [0.5, 0.6) is 0 Å². The maximum Gasteiger partial charge on any atom is 0.111 e. The summed E-state index contributed by atoms with van der Waals surface area (Å²) in [6.45, 7) is 23.5. The van der Waals surface area contributed by atoms with Gasteiger partial charge >= 0.3 is 0 Å². The number of rotatable bonds is 2. The molecule has 0 saturated carbocycles. The molecule has 21 heavy (non-hydrogen) atoms. The Hall–Kier alpha value is -0.470. The third kappa shape index (κ3) is 15.7. The SMILES string of the molecule is C=CC1=C(C=C)CC(O)(S)CCC1.CC.CC.CC.CC. The van der Waals surface area contributed by atoms with E-state index in [1.165, 1.54) is 5.57 Å². The lowest BCUT2D eigenvalue weighted by atomic mass is 10.0. The molecule has 2 heteroatoms. The standard InChI is InChI=1S/C11H16OS.4C2H6/c1-3-9-6-5-7-11(12,13)8-10(9)4-2;4*1-2/h3-4,12-13H,1-2,5-8H2;4*1-2H3. The van der Waals surface area contributed by atoms with Gasteiger partial charge in [-0.15, -0.1) is 12.6 Å². The molecule has 128 valence electrons. The predicted molar refractivity (Wildman–Crippen MR) is 105 cm³/mol. The number of allylic oxidation sites excluding steroid dienone is 3. The second kappa shape index (κ2) is 21.8. The largest absolute Gasteiger partial charge is 0.379 e. The second-order valence-electron chi connectivity index (χ2n) is 3.47. The van der Waals surface area contributed by atoms with E-state index in [1.807, 2.05) is 61.5 Å². The molecular weight excluding hydrogens is 276 g/mol. The molecular formula is C19H40OS. The van der Waals surface area contributed by atoms with Gasteiger partial charge < -0.3 is 5.11 Å². The van der Waals surface area contributed by atoms with E-state index in [9.17, 15) is 5.11 Å². The normalized spacial score (nSPS) is 19.5. The van der Waals surface area contributed by atoms with Crippen molar-refractivity contribution in [2.75, 3.05) is 0 Å². The first-order valence-electron chi connectivity index (χ1n) is 8.51. The van der Waals surface area contributed by atoms with Crippen LogP contribution in [0.15, 0.2) is 36.5 Å². The molecule has 0 aromatic heterocycles. The van der Waals surface area contributed by atoms with E-state index >= 15 is 0 Å². The Labute approximate surface area is 140 Å². The first-order chi connectivity index (χ1) is 10.1. The summed E-state index contributed by atoms with van der Waals surface area (Å²) in [5, 5.41) is 9.82. The molecule has 0 fully saturated rings. The highest BCUT2D eigenvalue weighted by molar-refractivity contribution is 7.81.